The van der Waals surface area contributed by atoms with Crippen LogP contribution in [0.2, 0.25) is 0 Å². The predicted molar refractivity (Wildman–Crippen MR) is 51.2 cm³/mol. The average molecular weight is 179 g/mol. The summed E-state index contributed by atoms with van der Waals surface area (Å²) >= 11 is 0. The molecule has 0 aromatic heterocycles. The first-order valence-corrected chi connectivity index (χ1v) is 4.60. The summed E-state index contributed by atoms with van der Waals surface area (Å²) < 4.78 is 0. The molecule has 2 nitrogen and oxygen atoms in total. The third-order valence-electron chi connectivity index (χ3n) is 2.13. The summed E-state index contributed by atoms with van der Waals surface area (Å²) in [4.78, 5) is 2.23. The van der Waals surface area contributed by atoms with Gasteiger partial charge in [0, 0.05) is 6.04 Å². The standard InChI is InChI=1S/C7H15NO.C2H6.FH/c1-6(9)7-4-3-5-8(7)2;1-2;/h6-7,9H,3-5H2,1-2H3;1-2H3;1H/t6?,7-;;/m0../s1. The maximum Gasteiger partial charge on any atom is 0.0667 e. The molecule has 0 amide bonds. The van der Waals surface area contributed by atoms with Crippen LogP contribution in [0, 0.1) is 0 Å². The van der Waals surface area contributed by atoms with Crippen LogP contribution >= 0.6 is 0 Å². The number of likely N-dealkylation sites (tertiary alicyclic amines) is 1. The smallest absolute Gasteiger partial charge is 0.0667 e. The third kappa shape index (κ3) is 4.02. The highest BCUT2D eigenvalue weighted by atomic mass is 19.0. The van der Waals surface area contributed by atoms with Gasteiger partial charge < -0.3 is 10.0 Å². The van der Waals surface area contributed by atoms with Crippen LogP contribution in [-0.4, -0.2) is 35.7 Å². The summed E-state index contributed by atoms with van der Waals surface area (Å²) in [5.41, 5.74) is 0. The fourth-order valence-electron chi connectivity index (χ4n) is 1.55. The lowest BCUT2D eigenvalue weighted by Gasteiger charge is -2.21. The Labute approximate surface area is 74.9 Å². The summed E-state index contributed by atoms with van der Waals surface area (Å²) in [6, 6.07) is 0.421. The zero-order valence-corrected chi connectivity index (χ0v) is 8.58. The first-order chi connectivity index (χ1) is 5.22. The molecule has 1 saturated heterocycles. The minimum absolute atomic E-state index is 0. The van der Waals surface area contributed by atoms with Crippen molar-refractivity contribution < 1.29 is 9.81 Å². The van der Waals surface area contributed by atoms with Crippen LogP contribution in [0.4, 0.5) is 4.70 Å². The van der Waals surface area contributed by atoms with Crippen LogP contribution in [0.5, 0.6) is 0 Å². The van der Waals surface area contributed by atoms with Crippen molar-refractivity contribution in [2.24, 2.45) is 0 Å². The molecule has 1 heterocycles. The zero-order chi connectivity index (χ0) is 8.85. The van der Waals surface area contributed by atoms with E-state index in [2.05, 4.69) is 11.9 Å². The lowest BCUT2D eigenvalue weighted by molar-refractivity contribution is 0.101. The van der Waals surface area contributed by atoms with Crippen molar-refractivity contribution in [2.75, 3.05) is 13.6 Å². The van der Waals surface area contributed by atoms with E-state index in [-0.39, 0.29) is 10.8 Å². The van der Waals surface area contributed by atoms with Crippen molar-refractivity contribution >= 4 is 0 Å². The maximum atomic E-state index is 9.18. The Balaban J connectivity index is 0. The molecule has 1 N–H and O–H groups in total. The minimum atomic E-state index is -0.155. The van der Waals surface area contributed by atoms with Gasteiger partial charge in [0.05, 0.1) is 6.10 Å². The molecule has 2 atom stereocenters. The molecule has 0 radical (unpaired) electrons. The Morgan fingerprint density at radius 1 is 1.42 bits per heavy atom. The van der Waals surface area contributed by atoms with Gasteiger partial charge in [-0.15, -0.1) is 0 Å². The molecule has 12 heavy (non-hydrogen) atoms. The Hall–Kier alpha value is -0.150. The molecule has 1 aliphatic rings. The molecule has 1 unspecified atom stereocenters. The SMILES string of the molecule is CC.CC(O)[C@@H]1CCCN1C.F. The maximum absolute atomic E-state index is 9.18. The summed E-state index contributed by atoms with van der Waals surface area (Å²) in [6.45, 7) is 7.02. The lowest BCUT2D eigenvalue weighted by atomic mass is 10.1. The average Bonchev–Trinajstić information content (AvgIpc) is 2.39. The fourth-order valence-corrected chi connectivity index (χ4v) is 1.55. The van der Waals surface area contributed by atoms with Gasteiger partial charge in [-0.05, 0) is 33.4 Å². The van der Waals surface area contributed by atoms with Crippen LogP contribution in [0.15, 0.2) is 0 Å². The summed E-state index contributed by atoms with van der Waals surface area (Å²) in [6.07, 6.45) is 2.25. The van der Waals surface area contributed by atoms with Crippen LogP contribution in [0.1, 0.15) is 33.6 Å². The van der Waals surface area contributed by atoms with E-state index in [0.29, 0.717) is 6.04 Å². The van der Waals surface area contributed by atoms with Gasteiger partial charge in [-0.25, -0.2) is 0 Å². The van der Waals surface area contributed by atoms with Crippen molar-refractivity contribution in [3.8, 4) is 0 Å². The van der Waals surface area contributed by atoms with Crippen LogP contribution in [-0.2, 0) is 0 Å². The molecule has 1 rings (SSSR count). The third-order valence-corrected chi connectivity index (χ3v) is 2.13. The number of likely N-dealkylation sites (N-methyl/N-ethyl adjacent to an activating group) is 1. The molecule has 1 fully saturated rings. The van der Waals surface area contributed by atoms with Gasteiger partial charge in [0.2, 0.25) is 0 Å². The Kier molecular flexibility index (Phi) is 8.98. The topological polar surface area (TPSA) is 23.5 Å². The van der Waals surface area contributed by atoms with Crippen molar-refractivity contribution in [1.82, 2.24) is 4.90 Å². The van der Waals surface area contributed by atoms with Gasteiger partial charge in [0.15, 0.2) is 0 Å². The molecule has 3 heteroatoms. The van der Waals surface area contributed by atoms with Gasteiger partial charge in [0.25, 0.3) is 0 Å². The molecule has 0 saturated carbocycles. The molecular formula is C9H22FNO. The van der Waals surface area contributed by atoms with Crippen LogP contribution in [0.3, 0.4) is 0 Å². The number of aliphatic hydroxyl groups excluding tert-OH is 1. The molecule has 0 aromatic carbocycles. The van der Waals surface area contributed by atoms with Gasteiger partial charge in [-0.3, -0.25) is 4.70 Å². The molecule has 0 aromatic rings. The number of hydrogen-bond donors (Lipinski definition) is 1. The highest BCUT2D eigenvalue weighted by Gasteiger charge is 2.24. The summed E-state index contributed by atoms with van der Waals surface area (Å²) in [7, 11) is 2.07. The molecule has 0 bridgehead atoms. The van der Waals surface area contributed by atoms with Gasteiger partial charge >= 0.3 is 0 Å². The summed E-state index contributed by atoms with van der Waals surface area (Å²) in [5.74, 6) is 0. The second-order valence-electron chi connectivity index (χ2n) is 2.93. The van der Waals surface area contributed by atoms with Crippen molar-refractivity contribution in [1.29, 1.82) is 0 Å². The monoisotopic (exact) mass is 179 g/mol. The van der Waals surface area contributed by atoms with Gasteiger partial charge in [-0.1, -0.05) is 13.8 Å². The first-order valence-electron chi connectivity index (χ1n) is 4.60. The van der Waals surface area contributed by atoms with Crippen molar-refractivity contribution in [2.45, 2.75) is 45.8 Å². The van der Waals surface area contributed by atoms with E-state index in [1.807, 2.05) is 20.8 Å². The molecule has 1 aliphatic heterocycles. The molecule has 76 valence electrons. The van der Waals surface area contributed by atoms with Crippen LogP contribution in [0.25, 0.3) is 0 Å². The highest BCUT2D eigenvalue weighted by molar-refractivity contribution is 4.79. The Bertz CT molecular complexity index is 98.5. The number of hydrogen-bond acceptors (Lipinski definition) is 2. The van der Waals surface area contributed by atoms with E-state index in [4.69, 9.17) is 0 Å². The van der Waals surface area contributed by atoms with Crippen molar-refractivity contribution in [3.05, 3.63) is 0 Å². The van der Waals surface area contributed by atoms with Crippen molar-refractivity contribution in [3.63, 3.8) is 0 Å². The van der Waals surface area contributed by atoms with E-state index in [9.17, 15) is 5.11 Å². The predicted octanol–water partition coefficient (Wildman–Crippen LogP) is 1.64. The number of nitrogens with zero attached hydrogens (tertiary/aromatic N) is 1. The molecule has 0 spiro atoms. The minimum Gasteiger partial charge on any atom is -0.392 e. The van der Waals surface area contributed by atoms with E-state index in [1.165, 1.54) is 6.42 Å². The van der Waals surface area contributed by atoms with Gasteiger partial charge in [-0.2, -0.15) is 0 Å². The number of aliphatic hydroxyl groups is 1. The molecule has 0 aliphatic carbocycles. The van der Waals surface area contributed by atoms with E-state index in [1.54, 1.807) is 0 Å². The second kappa shape index (κ2) is 7.50. The van der Waals surface area contributed by atoms with E-state index >= 15 is 0 Å². The summed E-state index contributed by atoms with van der Waals surface area (Å²) in [5, 5.41) is 9.18. The zero-order valence-electron chi connectivity index (χ0n) is 8.58. The van der Waals surface area contributed by atoms with E-state index in [0.717, 1.165) is 13.0 Å². The molecular weight excluding hydrogens is 157 g/mol. The van der Waals surface area contributed by atoms with Crippen LogP contribution < -0.4 is 0 Å². The van der Waals surface area contributed by atoms with E-state index < -0.39 is 0 Å². The van der Waals surface area contributed by atoms with Gasteiger partial charge in [0.1, 0.15) is 0 Å². The second-order valence-corrected chi connectivity index (χ2v) is 2.93. The Morgan fingerprint density at radius 3 is 2.08 bits per heavy atom. The lowest BCUT2D eigenvalue weighted by Crippen LogP contribution is -2.34. The largest absolute Gasteiger partial charge is 0.392 e. The number of rotatable bonds is 1. The highest BCUT2D eigenvalue weighted by Crippen LogP contribution is 2.17. The normalized spacial score (nSPS) is 25.2. The first kappa shape index (κ1) is 14.4. The quantitative estimate of drug-likeness (QED) is 0.661. The number of halogens is 1. The Morgan fingerprint density at radius 2 is 1.92 bits per heavy atom. The fraction of sp³-hybridized carbons (Fsp3) is 1.00.